The topological polar surface area (TPSA) is 139 Å². The minimum atomic E-state index is -1.21. The molecule has 1 aromatic carbocycles. The van der Waals surface area contributed by atoms with Crippen molar-refractivity contribution in [2.75, 3.05) is 11.5 Å². The molecule has 9 nitrogen and oxygen atoms in total. The van der Waals surface area contributed by atoms with E-state index in [9.17, 15) is 19.5 Å². The Morgan fingerprint density at radius 3 is 2.82 bits per heavy atom. The lowest BCUT2D eigenvalue weighted by molar-refractivity contribution is -0.150. The molecule has 0 bridgehead atoms. The fraction of sp³-hybridized carbons (Fsp3) is 0.235. The van der Waals surface area contributed by atoms with Crippen LogP contribution >= 0.6 is 23.5 Å². The standard InChI is InChI=1S/C17H15N5O4S2/c1-7(23)19-11-14(24)22-12(16(25)26)10(6-27-15(11)22)28-17-20-9-5-3-2-4-8(9)13(18)21-17/h2-5,11,15H,6H2,1H3,(H,19,23)(H,25,26)(H2,18,20,21)/t11?,15-/m1/s1. The number of rotatable bonds is 4. The highest BCUT2D eigenvalue weighted by Gasteiger charge is 2.54. The molecule has 1 saturated heterocycles. The number of para-hydroxylation sites is 1. The Hall–Kier alpha value is -2.79. The van der Waals surface area contributed by atoms with Crippen LogP contribution in [0.15, 0.2) is 40.0 Å². The molecule has 0 radical (unpaired) electrons. The Labute approximate surface area is 167 Å². The lowest BCUT2D eigenvalue weighted by Gasteiger charge is -2.49. The molecule has 4 rings (SSSR count). The Balaban J connectivity index is 1.67. The number of nitrogens with one attached hydrogen (secondary N) is 1. The van der Waals surface area contributed by atoms with Crippen molar-refractivity contribution in [3.8, 4) is 0 Å². The molecule has 2 aliphatic heterocycles. The quantitative estimate of drug-likeness (QED) is 0.491. The van der Waals surface area contributed by atoms with Crippen molar-refractivity contribution in [2.45, 2.75) is 23.5 Å². The van der Waals surface area contributed by atoms with E-state index >= 15 is 0 Å². The van der Waals surface area contributed by atoms with Crippen LogP contribution in [0.2, 0.25) is 0 Å². The molecular formula is C17H15N5O4S2. The van der Waals surface area contributed by atoms with Crippen LogP contribution in [0.5, 0.6) is 0 Å². The number of carboxylic acid groups (broad SMARTS) is 1. The Morgan fingerprint density at radius 2 is 2.11 bits per heavy atom. The number of carbonyl (C=O) groups excluding carboxylic acids is 2. The third kappa shape index (κ3) is 3.06. The van der Waals surface area contributed by atoms with Gasteiger partial charge in [-0.15, -0.1) is 11.8 Å². The molecule has 1 aromatic heterocycles. The van der Waals surface area contributed by atoms with Crippen LogP contribution in [0.25, 0.3) is 10.9 Å². The van der Waals surface area contributed by atoms with E-state index in [-0.39, 0.29) is 11.6 Å². The highest BCUT2D eigenvalue weighted by atomic mass is 32.2. The number of aromatic nitrogens is 2. The van der Waals surface area contributed by atoms with Crippen LogP contribution in [-0.4, -0.2) is 54.9 Å². The highest BCUT2D eigenvalue weighted by Crippen LogP contribution is 2.44. The minimum Gasteiger partial charge on any atom is -0.477 e. The predicted octanol–water partition coefficient (Wildman–Crippen LogP) is 1.02. The van der Waals surface area contributed by atoms with Crippen LogP contribution in [0.1, 0.15) is 6.92 Å². The number of amides is 2. The fourth-order valence-electron chi connectivity index (χ4n) is 3.12. The van der Waals surface area contributed by atoms with Gasteiger partial charge in [0.25, 0.3) is 5.91 Å². The molecule has 2 amide bonds. The van der Waals surface area contributed by atoms with E-state index in [2.05, 4.69) is 15.3 Å². The molecule has 0 aliphatic carbocycles. The SMILES string of the molecule is CC(=O)NC1C(=O)N2C(C(=O)O)=C(Sc3nc(N)c4ccccc4n3)CS[C@H]12. The monoisotopic (exact) mass is 417 g/mol. The first-order chi connectivity index (χ1) is 13.4. The van der Waals surface area contributed by atoms with Crippen molar-refractivity contribution >= 4 is 58.0 Å². The van der Waals surface area contributed by atoms with Crippen LogP contribution in [0, 0.1) is 0 Å². The maximum atomic E-state index is 12.4. The number of carbonyl (C=O) groups is 3. The van der Waals surface area contributed by atoms with E-state index in [0.717, 1.165) is 11.8 Å². The molecule has 11 heteroatoms. The van der Waals surface area contributed by atoms with Gasteiger partial charge in [-0.25, -0.2) is 14.8 Å². The third-order valence-electron chi connectivity index (χ3n) is 4.32. The first-order valence-corrected chi connectivity index (χ1v) is 10.1. The van der Waals surface area contributed by atoms with Gasteiger partial charge in [-0.05, 0) is 12.1 Å². The molecule has 28 heavy (non-hydrogen) atoms. The summed E-state index contributed by atoms with van der Waals surface area (Å²) in [4.78, 5) is 45.9. The number of nitrogens with two attached hydrogens (primary N) is 1. The molecule has 2 atom stereocenters. The summed E-state index contributed by atoms with van der Waals surface area (Å²) in [5, 5.41) is 12.9. The number of aliphatic carboxylic acids is 1. The largest absolute Gasteiger partial charge is 0.477 e. The number of nitrogens with zero attached hydrogens (tertiary/aromatic N) is 3. The second-order valence-corrected chi connectivity index (χ2v) is 8.34. The molecule has 4 N–H and O–H groups in total. The summed E-state index contributed by atoms with van der Waals surface area (Å²) in [5.41, 5.74) is 6.55. The van der Waals surface area contributed by atoms with E-state index in [1.165, 1.54) is 23.6 Å². The van der Waals surface area contributed by atoms with Crippen molar-refractivity contribution in [1.82, 2.24) is 20.2 Å². The van der Waals surface area contributed by atoms with Crippen molar-refractivity contribution in [3.05, 3.63) is 34.9 Å². The number of β-lactam (4-membered cyclic amide) rings is 1. The lowest BCUT2D eigenvalue weighted by atomic mass is 10.1. The maximum Gasteiger partial charge on any atom is 0.353 e. The second kappa shape index (κ2) is 6.99. The van der Waals surface area contributed by atoms with Crippen molar-refractivity contribution in [3.63, 3.8) is 0 Å². The third-order valence-corrected chi connectivity index (χ3v) is 6.73. The molecule has 1 fully saturated rings. The van der Waals surface area contributed by atoms with Gasteiger partial charge in [0.1, 0.15) is 22.9 Å². The van der Waals surface area contributed by atoms with E-state index < -0.39 is 23.3 Å². The van der Waals surface area contributed by atoms with E-state index in [1.54, 1.807) is 6.07 Å². The second-order valence-electron chi connectivity index (χ2n) is 6.18. The van der Waals surface area contributed by atoms with Crippen molar-refractivity contribution < 1.29 is 19.5 Å². The number of fused-ring (bicyclic) bond motifs is 2. The van der Waals surface area contributed by atoms with Gasteiger partial charge < -0.3 is 16.2 Å². The molecular weight excluding hydrogens is 402 g/mol. The summed E-state index contributed by atoms with van der Waals surface area (Å²) in [6, 6.07) is 6.55. The number of benzene rings is 1. The van der Waals surface area contributed by atoms with Gasteiger partial charge in [-0.1, -0.05) is 23.9 Å². The minimum absolute atomic E-state index is 0.101. The Morgan fingerprint density at radius 1 is 1.36 bits per heavy atom. The zero-order valence-corrected chi connectivity index (χ0v) is 16.2. The lowest BCUT2D eigenvalue weighted by Crippen LogP contribution is -2.70. The van der Waals surface area contributed by atoms with Crippen molar-refractivity contribution in [1.29, 1.82) is 0 Å². The number of hydrogen-bond donors (Lipinski definition) is 3. The number of anilines is 1. The van der Waals surface area contributed by atoms with Gasteiger partial charge >= 0.3 is 5.97 Å². The van der Waals surface area contributed by atoms with Crippen LogP contribution in [0.4, 0.5) is 5.82 Å². The van der Waals surface area contributed by atoms with Crippen LogP contribution < -0.4 is 11.1 Å². The van der Waals surface area contributed by atoms with Gasteiger partial charge in [0.2, 0.25) is 5.91 Å². The summed E-state index contributed by atoms with van der Waals surface area (Å²) < 4.78 is 0. The number of carboxylic acids is 1. The average Bonchev–Trinajstić information content (AvgIpc) is 2.65. The van der Waals surface area contributed by atoms with Gasteiger partial charge in [0.15, 0.2) is 5.16 Å². The molecule has 1 unspecified atom stereocenters. The average molecular weight is 417 g/mol. The Kier molecular flexibility index (Phi) is 4.63. The van der Waals surface area contributed by atoms with E-state index in [0.29, 0.717) is 32.5 Å². The summed E-state index contributed by atoms with van der Waals surface area (Å²) in [6.45, 7) is 1.32. The van der Waals surface area contributed by atoms with Gasteiger partial charge in [0, 0.05) is 23.0 Å². The molecule has 0 saturated carbocycles. The van der Waals surface area contributed by atoms with Gasteiger partial charge in [-0.3, -0.25) is 14.5 Å². The zero-order chi connectivity index (χ0) is 20.0. The summed E-state index contributed by atoms with van der Waals surface area (Å²) >= 11 is 2.47. The number of nitrogen functional groups attached to an aromatic ring is 1. The van der Waals surface area contributed by atoms with Gasteiger partial charge in [0.05, 0.1) is 5.52 Å². The molecule has 2 aromatic rings. The first-order valence-electron chi connectivity index (χ1n) is 8.25. The van der Waals surface area contributed by atoms with E-state index in [4.69, 9.17) is 5.73 Å². The fourth-order valence-corrected chi connectivity index (χ4v) is 5.55. The normalized spacial score (nSPS) is 21.3. The smallest absolute Gasteiger partial charge is 0.353 e. The summed E-state index contributed by atoms with van der Waals surface area (Å²) in [6.07, 6.45) is 0. The molecule has 0 spiro atoms. The highest BCUT2D eigenvalue weighted by molar-refractivity contribution is 8.06. The van der Waals surface area contributed by atoms with E-state index in [1.807, 2.05) is 18.2 Å². The summed E-state index contributed by atoms with van der Waals surface area (Å²) in [5.74, 6) is -1.33. The van der Waals surface area contributed by atoms with Gasteiger partial charge in [-0.2, -0.15) is 0 Å². The zero-order valence-electron chi connectivity index (χ0n) is 14.6. The molecule has 2 aliphatic rings. The van der Waals surface area contributed by atoms with Crippen molar-refractivity contribution in [2.24, 2.45) is 0 Å². The summed E-state index contributed by atoms with van der Waals surface area (Å²) in [7, 11) is 0. The maximum absolute atomic E-state index is 12.4. The predicted molar refractivity (Wildman–Crippen MR) is 105 cm³/mol. The first kappa shape index (κ1) is 18.6. The number of hydrogen-bond acceptors (Lipinski definition) is 8. The Bertz CT molecular complexity index is 1060. The molecule has 144 valence electrons. The van der Waals surface area contributed by atoms with Crippen LogP contribution in [-0.2, 0) is 14.4 Å². The van der Waals surface area contributed by atoms with Crippen LogP contribution in [0.3, 0.4) is 0 Å². The molecule has 3 heterocycles. The number of thioether (sulfide) groups is 2.